The number of benzene rings is 2. The summed E-state index contributed by atoms with van der Waals surface area (Å²) >= 11 is 0. The van der Waals surface area contributed by atoms with E-state index in [1.165, 1.54) is 0 Å². The number of anilines is 1. The molecule has 1 amide bonds. The fourth-order valence-electron chi connectivity index (χ4n) is 1.65. The third kappa shape index (κ3) is 3.43. The molecule has 0 radical (unpaired) electrons. The van der Waals surface area contributed by atoms with E-state index in [4.69, 9.17) is 10.0 Å². The molecule has 0 heterocycles. The van der Waals surface area contributed by atoms with E-state index in [-0.39, 0.29) is 5.91 Å². The lowest BCUT2D eigenvalue weighted by atomic mass is 9.80. The molecule has 5 heteroatoms. The molecule has 0 spiro atoms. The molecule has 96 valence electrons. The SMILES string of the molecule is Cc1ccc(C(=O)Nc2ccc(B(O)O)cc2)cc1. The van der Waals surface area contributed by atoms with Gasteiger partial charge in [-0.15, -0.1) is 0 Å². The van der Waals surface area contributed by atoms with Crippen molar-refractivity contribution in [3.8, 4) is 0 Å². The van der Waals surface area contributed by atoms with Crippen LogP contribution in [0.4, 0.5) is 5.69 Å². The predicted octanol–water partition coefficient (Wildman–Crippen LogP) is 0.927. The Labute approximate surface area is 111 Å². The minimum Gasteiger partial charge on any atom is -0.423 e. The molecule has 0 bridgehead atoms. The molecule has 0 saturated heterocycles. The lowest BCUT2D eigenvalue weighted by Crippen LogP contribution is -2.29. The van der Waals surface area contributed by atoms with Gasteiger partial charge >= 0.3 is 7.12 Å². The van der Waals surface area contributed by atoms with E-state index in [1.54, 1.807) is 36.4 Å². The van der Waals surface area contributed by atoms with Crippen molar-refractivity contribution in [1.82, 2.24) is 0 Å². The highest BCUT2D eigenvalue weighted by molar-refractivity contribution is 6.58. The molecule has 3 N–H and O–H groups in total. The van der Waals surface area contributed by atoms with Crippen molar-refractivity contribution in [3.63, 3.8) is 0 Å². The van der Waals surface area contributed by atoms with Crippen LogP contribution in [0.5, 0.6) is 0 Å². The van der Waals surface area contributed by atoms with Crippen molar-refractivity contribution in [1.29, 1.82) is 0 Å². The topological polar surface area (TPSA) is 69.6 Å². The average Bonchev–Trinajstić information content (AvgIpc) is 2.40. The third-order valence-electron chi connectivity index (χ3n) is 2.78. The molecule has 0 aromatic heterocycles. The second-order valence-electron chi connectivity index (χ2n) is 4.32. The Kier molecular flexibility index (Phi) is 3.99. The van der Waals surface area contributed by atoms with Gasteiger partial charge in [-0.1, -0.05) is 29.8 Å². The van der Waals surface area contributed by atoms with Crippen LogP contribution < -0.4 is 10.8 Å². The zero-order valence-electron chi connectivity index (χ0n) is 10.5. The summed E-state index contributed by atoms with van der Waals surface area (Å²) in [4.78, 5) is 11.9. The van der Waals surface area contributed by atoms with Gasteiger partial charge in [-0.2, -0.15) is 0 Å². The molecule has 2 aromatic rings. The summed E-state index contributed by atoms with van der Waals surface area (Å²) in [5.74, 6) is -0.197. The monoisotopic (exact) mass is 255 g/mol. The standard InChI is InChI=1S/C14H14BNO3/c1-10-2-4-11(5-3-10)14(17)16-13-8-6-12(7-9-13)15(18)19/h2-9,18-19H,1H3,(H,16,17). The predicted molar refractivity (Wildman–Crippen MR) is 75.4 cm³/mol. The zero-order valence-corrected chi connectivity index (χ0v) is 10.5. The number of nitrogens with one attached hydrogen (secondary N) is 1. The first kappa shape index (κ1) is 13.3. The molecule has 0 atom stereocenters. The molecule has 0 fully saturated rings. The first-order valence-electron chi connectivity index (χ1n) is 5.90. The van der Waals surface area contributed by atoms with Crippen molar-refractivity contribution < 1.29 is 14.8 Å². The quantitative estimate of drug-likeness (QED) is 0.714. The summed E-state index contributed by atoms with van der Waals surface area (Å²) in [7, 11) is -1.50. The smallest absolute Gasteiger partial charge is 0.423 e. The van der Waals surface area contributed by atoms with Crippen molar-refractivity contribution in [2.45, 2.75) is 6.92 Å². The van der Waals surface area contributed by atoms with E-state index in [1.807, 2.05) is 19.1 Å². The van der Waals surface area contributed by atoms with E-state index in [2.05, 4.69) is 5.32 Å². The fraction of sp³-hybridized carbons (Fsp3) is 0.0714. The van der Waals surface area contributed by atoms with Crippen LogP contribution in [0.2, 0.25) is 0 Å². The molecular weight excluding hydrogens is 241 g/mol. The summed E-state index contributed by atoms with van der Waals surface area (Å²) in [5.41, 5.74) is 2.66. The molecule has 0 aliphatic rings. The number of carbonyl (C=O) groups is 1. The van der Waals surface area contributed by atoms with Crippen LogP contribution in [0.1, 0.15) is 15.9 Å². The van der Waals surface area contributed by atoms with Crippen LogP contribution in [-0.4, -0.2) is 23.1 Å². The van der Waals surface area contributed by atoms with E-state index in [9.17, 15) is 4.79 Å². The van der Waals surface area contributed by atoms with Gasteiger partial charge in [0.25, 0.3) is 5.91 Å². The van der Waals surface area contributed by atoms with Gasteiger partial charge in [-0.25, -0.2) is 0 Å². The number of rotatable bonds is 3. The van der Waals surface area contributed by atoms with Crippen molar-refractivity contribution >= 4 is 24.2 Å². The van der Waals surface area contributed by atoms with Gasteiger partial charge in [0.2, 0.25) is 0 Å². The van der Waals surface area contributed by atoms with Crippen LogP contribution >= 0.6 is 0 Å². The Bertz CT molecular complexity index is 564. The van der Waals surface area contributed by atoms with Crippen LogP contribution in [0, 0.1) is 6.92 Å². The first-order chi connectivity index (χ1) is 9.06. The molecule has 0 aliphatic heterocycles. The Morgan fingerprint density at radius 3 is 2.11 bits per heavy atom. The van der Waals surface area contributed by atoms with Crippen molar-refractivity contribution in [2.75, 3.05) is 5.32 Å². The average molecular weight is 255 g/mol. The highest BCUT2D eigenvalue weighted by Crippen LogP contribution is 2.09. The molecule has 2 aromatic carbocycles. The highest BCUT2D eigenvalue weighted by Gasteiger charge is 2.10. The molecule has 2 rings (SSSR count). The van der Waals surface area contributed by atoms with Crippen LogP contribution in [0.25, 0.3) is 0 Å². The lowest BCUT2D eigenvalue weighted by molar-refractivity contribution is 0.102. The maximum Gasteiger partial charge on any atom is 0.488 e. The Morgan fingerprint density at radius 2 is 1.58 bits per heavy atom. The Hall–Kier alpha value is -2.11. The first-order valence-corrected chi connectivity index (χ1v) is 5.90. The summed E-state index contributed by atoms with van der Waals surface area (Å²) in [6.45, 7) is 1.96. The van der Waals surface area contributed by atoms with Gasteiger partial charge in [0, 0.05) is 11.3 Å². The molecule has 19 heavy (non-hydrogen) atoms. The number of carbonyl (C=O) groups excluding carboxylic acids is 1. The maximum atomic E-state index is 11.9. The van der Waals surface area contributed by atoms with Gasteiger partial charge in [-0.05, 0) is 36.7 Å². The summed E-state index contributed by atoms with van der Waals surface area (Å²) < 4.78 is 0. The van der Waals surface area contributed by atoms with E-state index >= 15 is 0 Å². The van der Waals surface area contributed by atoms with Crippen LogP contribution in [0.15, 0.2) is 48.5 Å². The second-order valence-corrected chi connectivity index (χ2v) is 4.32. The van der Waals surface area contributed by atoms with Crippen LogP contribution in [0.3, 0.4) is 0 Å². The number of aryl methyl sites for hydroxylation is 1. The molecule has 0 unspecified atom stereocenters. The molecule has 0 saturated carbocycles. The summed E-state index contributed by atoms with van der Waals surface area (Å²) in [6.07, 6.45) is 0. The molecule has 0 aliphatic carbocycles. The van der Waals surface area contributed by atoms with E-state index < -0.39 is 7.12 Å². The van der Waals surface area contributed by atoms with E-state index in [0.29, 0.717) is 16.7 Å². The van der Waals surface area contributed by atoms with Crippen molar-refractivity contribution in [2.24, 2.45) is 0 Å². The summed E-state index contributed by atoms with van der Waals surface area (Å²) in [5, 5.41) is 20.7. The van der Waals surface area contributed by atoms with Gasteiger partial charge < -0.3 is 15.4 Å². The normalized spacial score (nSPS) is 10.1. The number of hydrogen-bond donors (Lipinski definition) is 3. The third-order valence-corrected chi connectivity index (χ3v) is 2.78. The lowest BCUT2D eigenvalue weighted by Gasteiger charge is -2.06. The highest BCUT2D eigenvalue weighted by atomic mass is 16.4. The minimum absolute atomic E-state index is 0.197. The van der Waals surface area contributed by atoms with Gasteiger partial charge in [-0.3, -0.25) is 4.79 Å². The Balaban J connectivity index is 2.08. The maximum absolute atomic E-state index is 11.9. The minimum atomic E-state index is -1.50. The fourth-order valence-corrected chi connectivity index (χ4v) is 1.65. The van der Waals surface area contributed by atoms with Crippen LogP contribution in [-0.2, 0) is 0 Å². The van der Waals surface area contributed by atoms with Gasteiger partial charge in [0.15, 0.2) is 0 Å². The number of hydrogen-bond acceptors (Lipinski definition) is 3. The van der Waals surface area contributed by atoms with Crippen molar-refractivity contribution in [3.05, 3.63) is 59.7 Å². The summed E-state index contributed by atoms with van der Waals surface area (Å²) in [6, 6.07) is 13.6. The largest absolute Gasteiger partial charge is 0.488 e. The Morgan fingerprint density at radius 1 is 1.00 bits per heavy atom. The van der Waals surface area contributed by atoms with Gasteiger partial charge in [0.05, 0.1) is 0 Å². The zero-order chi connectivity index (χ0) is 13.8. The molecule has 4 nitrogen and oxygen atoms in total. The second kappa shape index (κ2) is 5.69. The van der Waals surface area contributed by atoms with E-state index in [0.717, 1.165) is 5.56 Å². The number of amides is 1. The van der Waals surface area contributed by atoms with Gasteiger partial charge in [0.1, 0.15) is 0 Å². The molecular formula is C14H14BNO3.